The summed E-state index contributed by atoms with van der Waals surface area (Å²) in [4.78, 5) is 25.9. The van der Waals surface area contributed by atoms with Crippen LogP contribution in [0.3, 0.4) is 0 Å². The Morgan fingerprint density at radius 1 is 0.406 bits per heavy atom. The molecule has 0 heterocycles. The number of carbonyl (C=O) groups excluding carboxylic acids is 2. The van der Waals surface area contributed by atoms with Crippen molar-refractivity contribution in [1.82, 2.24) is 0 Å². The maximum Gasteiger partial charge on any atom is 0.306 e. The highest BCUT2D eigenvalue weighted by Gasteiger charge is 2.29. The van der Waals surface area contributed by atoms with E-state index in [1.807, 2.05) is 24.3 Å². The summed E-state index contributed by atoms with van der Waals surface area (Å²) in [5, 5.41) is 46.2. The number of carbonyl (C=O) groups is 2. The molecule has 380 valence electrons. The van der Waals surface area contributed by atoms with E-state index in [9.17, 15) is 30.0 Å². The maximum absolute atomic E-state index is 12.9. The largest absolute Gasteiger partial charge is 0.507 e. The molecule has 4 rings (SSSR count). The number of hydrogen-bond donors (Lipinski definition) is 4. The molecule has 0 bridgehead atoms. The summed E-state index contributed by atoms with van der Waals surface area (Å²) < 4.78 is 11.2. The molecule has 0 aromatic heterocycles. The Labute approximate surface area is 420 Å². The summed E-state index contributed by atoms with van der Waals surface area (Å²) in [6.07, 6.45) is 1.93. The Kier molecular flexibility index (Phi) is 18.0. The number of rotatable bonds is 16. The minimum atomic E-state index is -0.358. The summed E-state index contributed by atoms with van der Waals surface area (Å²) >= 11 is 1.55. The van der Waals surface area contributed by atoms with Crippen molar-refractivity contribution < 1.29 is 39.5 Å². The van der Waals surface area contributed by atoms with Gasteiger partial charge < -0.3 is 29.9 Å². The minimum absolute atomic E-state index is 0.138. The van der Waals surface area contributed by atoms with E-state index in [0.717, 1.165) is 55.6 Å². The molecule has 0 unspecified atom stereocenters. The summed E-state index contributed by atoms with van der Waals surface area (Å²) in [6, 6.07) is 16.1. The van der Waals surface area contributed by atoms with Crippen LogP contribution in [0.25, 0.3) is 0 Å². The van der Waals surface area contributed by atoms with Crippen molar-refractivity contribution in [3.05, 3.63) is 115 Å². The van der Waals surface area contributed by atoms with Crippen LogP contribution in [0.2, 0.25) is 0 Å². The molecule has 0 aliphatic carbocycles. The fraction of sp³-hybridized carbons (Fsp3) is 0.567. The lowest BCUT2D eigenvalue weighted by Crippen LogP contribution is -2.18. The number of hydrogen-bond acceptors (Lipinski definition) is 9. The number of thioether (sulfide) groups is 1. The second-order valence-corrected chi connectivity index (χ2v) is 26.5. The predicted molar refractivity (Wildman–Crippen MR) is 286 cm³/mol. The van der Waals surface area contributed by atoms with E-state index in [4.69, 9.17) is 9.47 Å². The van der Waals surface area contributed by atoms with Crippen LogP contribution in [0.4, 0.5) is 0 Å². The van der Waals surface area contributed by atoms with E-state index < -0.39 is 0 Å². The number of aryl methyl sites for hydroxylation is 2. The first kappa shape index (κ1) is 57.0. The third kappa shape index (κ3) is 15.7. The van der Waals surface area contributed by atoms with Crippen molar-refractivity contribution in [3.8, 4) is 23.0 Å². The smallest absolute Gasteiger partial charge is 0.306 e. The summed E-state index contributed by atoms with van der Waals surface area (Å²) in [5.74, 6) is 1.42. The molecule has 4 N–H and O–H groups in total. The topological polar surface area (TPSA) is 134 Å². The number of aromatic hydroxyl groups is 4. The first-order chi connectivity index (χ1) is 31.5. The summed E-state index contributed by atoms with van der Waals surface area (Å²) in [5.41, 5.74) is 8.78. The lowest BCUT2D eigenvalue weighted by molar-refractivity contribution is -0.143. The first-order valence-electron chi connectivity index (χ1n) is 24.8. The van der Waals surface area contributed by atoms with Crippen LogP contribution in [-0.4, -0.2) is 57.1 Å². The van der Waals surface area contributed by atoms with Gasteiger partial charge in [0.15, 0.2) is 0 Å². The number of esters is 2. The van der Waals surface area contributed by atoms with Crippen molar-refractivity contribution in [2.75, 3.05) is 24.7 Å². The van der Waals surface area contributed by atoms with E-state index >= 15 is 0 Å². The Balaban J connectivity index is 1.31. The standard InChI is InChI=1S/C60H86O8S/c1-55(2,3)43-33-41(53(65)47(35-43)59(13,14)15)31-39-27-37(29-45(51(39)63)57(7,8)9)19-21-49(61)67-23-25-69-26-24-68-50(62)22-20-38-28-40(52(64)46(30-38)58(10,11)12)32-42-34-44(56(4,5)6)36-48(54(42)66)60(16,17)18/h27-30,33-36,63-66H,19-26,31-32H2,1-18H3. The number of ether oxygens (including phenoxy) is 2. The molecule has 0 saturated heterocycles. The van der Waals surface area contributed by atoms with E-state index in [2.05, 4.69) is 149 Å². The number of phenolic OH excluding ortho intramolecular Hbond substituents is 4. The van der Waals surface area contributed by atoms with Gasteiger partial charge in [-0.2, -0.15) is 11.8 Å². The number of phenols is 4. The second-order valence-electron chi connectivity index (χ2n) is 25.3. The third-order valence-corrected chi connectivity index (χ3v) is 13.7. The number of benzene rings is 4. The van der Waals surface area contributed by atoms with Crippen molar-refractivity contribution in [1.29, 1.82) is 0 Å². The first-order valence-corrected chi connectivity index (χ1v) is 26.0. The Morgan fingerprint density at radius 2 is 0.681 bits per heavy atom. The molecule has 0 spiro atoms. The zero-order valence-corrected chi connectivity index (χ0v) is 46.3. The molecule has 4 aromatic rings. The molecular weight excluding hydrogens is 881 g/mol. The Bertz CT molecular complexity index is 2280. The molecule has 0 radical (unpaired) electrons. The molecule has 0 amide bonds. The average Bonchev–Trinajstić information content (AvgIpc) is 3.19. The van der Waals surface area contributed by atoms with Gasteiger partial charge in [-0.3, -0.25) is 9.59 Å². The van der Waals surface area contributed by atoms with Gasteiger partial charge in [0, 0.05) is 37.2 Å². The highest BCUT2D eigenvalue weighted by molar-refractivity contribution is 7.99. The van der Waals surface area contributed by atoms with Crippen molar-refractivity contribution in [2.45, 2.75) is 196 Å². The van der Waals surface area contributed by atoms with Gasteiger partial charge in [-0.05, 0) is 112 Å². The fourth-order valence-corrected chi connectivity index (χ4v) is 9.08. The van der Waals surface area contributed by atoms with Crippen LogP contribution in [-0.2, 0) is 77.2 Å². The third-order valence-electron chi connectivity index (χ3n) is 12.8. The predicted octanol–water partition coefficient (Wildman–Crippen LogP) is 13.9. The van der Waals surface area contributed by atoms with Crippen LogP contribution >= 0.6 is 11.8 Å². The molecule has 9 heteroatoms. The molecule has 0 aliphatic rings. The van der Waals surface area contributed by atoms with Crippen LogP contribution in [0, 0.1) is 0 Å². The summed E-state index contributed by atoms with van der Waals surface area (Å²) in [7, 11) is 0. The molecule has 8 nitrogen and oxygen atoms in total. The molecule has 0 aliphatic heterocycles. The zero-order valence-electron chi connectivity index (χ0n) is 45.5. The van der Waals surface area contributed by atoms with Gasteiger partial charge >= 0.3 is 11.9 Å². The van der Waals surface area contributed by atoms with Gasteiger partial charge in [0.25, 0.3) is 0 Å². The van der Waals surface area contributed by atoms with Gasteiger partial charge in [0.1, 0.15) is 36.2 Å². The van der Waals surface area contributed by atoms with Crippen LogP contribution in [0.5, 0.6) is 23.0 Å². The monoisotopic (exact) mass is 967 g/mol. The maximum atomic E-state index is 12.9. The fourth-order valence-electron chi connectivity index (χ4n) is 8.47. The minimum Gasteiger partial charge on any atom is -0.507 e. The van der Waals surface area contributed by atoms with Crippen LogP contribution in [0.1, 0.15) is 204 Å². The van der Waals surface area contributed by atoms with Crippen molar-refractivity contribution in [3.63, 3.8) is 0 Å². The van der Waals surface area contributed by atoms with Crippen molar-refractivity contribution in [2.24, 2.45) is 0 Å². The summed E-state index contributed by atoms with van der Waals surface area (Å²) in [6.45, 7) is 38.3. The quantitative estimate of drug-likeness (QED) is 0.0640. The van der Waals surface area contributed by atoms with Gasteiger partial charge in [-0.25, -0.2) is 0 Å². The average molecular weight is 967 g/mol. The van der Waals surface area contributed by atoms with E-state index in [1.54, 1.807) is 11.8 Å². The molecule has 0 fully saturated rings. The molecule has 69 heavy (non-hydrogen) atoms. The SMILES string of the molecule is CC(C)(C)c1cc(Cc2cc(CCC(=O)OCCSCCOC(=O)CCc3cc(Cc4cc(C(C)(C)C)cc(C(C)(C)C)c4O)c(O)c(C(C)(C)C)c3)cc(C(C)(C)C)c2O)c(O)c(C(C)(C)C)c1. The molecule has 4 aromatic carbocycles. The molecule has 0 atom stereocenters. The lowest BCUT2D eigenvalue weighted by Gasteiger charge is -2.28. The zero-order chi connectivity index (χ0) is 52.2. The lowest BCUT2D eigenvalue weighted by atomic mass is 9.77. The molecular formula is C60H86O8S. The van der Waals surface area contributed by atoms with E-state index in [0.29, 0.717) is 48.3 Å². The van der Waals surface area contributed by atoms with Gasteiger partial charge in [0.2, 0.25) is 0 Å². The van der Waals surface area contributed by atoms with Crippen LogP contribution in [0.15, 0.2) is 48.5 Å². The van der Waals surface area contributed by atoms with Gasteiger partial charge in [0.05, 0.1) is 0 Å². The van der Waals surface area contributed by atoms with Crippen molar-refractivity contribution >= 4 is 23.7 Å². The van der Waals surface area contributed by atoms with E-state index in [1.165, 1.54) is 0 Å². The Morgan fingerprint density at radius 3 is 0.957 bits per heavy atom. The highest BCUT2D eigenvalue weighted by Crippen LogP contribution is 2.43. The second kappa shape index (κ2) is 21.8. The van der Waals surface area contributed by atoms with Crippen LogP contribution < -0.4 is 0 Å². The molecule has 0 saturated carbocycles. The Hall–Kier alpha value is -4.63. The van der Waals surface area contributed by atoms with Gasteiger partial charge in [-0.15, -0.1) is 0 Å². The normalized spacial score (nSPS) is 12.9. The van der Waals surface area contributed by atoms with E-state index in [-0.39, 0.29) is 93.5 Å². The van der Waals surface area contributed by atoms with Gasteiger partial charge in [-0.1, -0.05) is 173 Å². The highest BCUT2D eigenvalue weighted by atomic mass is 32.2.